The van der Waals surface area contributed by atoms with E-state index in [1.807, 2.05) is 20.0 Å². The first-order valence-corrected chi connectivity index (χ1v) is 8.02. The maximum absolute atomic E-state index is 5.44. The van der Waals surface area contributed by atoms with Gasteiger partial charge in [-0.1, -0.05) is 19.8 Å². The molecule has 1 rings (SSSR count). The number of nitrogens with one attached hydrogen (secondary N) is 1. The van der Waals surface area contributed by atoms with Crippen LogP contribution < -0.4 is 10.2 Å². The second kappa shape index (κ2) is 9.55. The number of ether oxygens (including phenoxy) is 1. The summed E-state index contributed by atoms with van der Waals surface area (Å²) >= 11 is 0. The van der Waals surface area contributed by atoms with Crippen molar-refractivity contribution < 1.29 is 4.74 Å². The molecule has 0 unspecified atom stereocenters. The van der Waals surface area contributed by atoms with Crippen LogP contribution >= 0.6 is 0 Å². The molecule has 0 spiro atoms. The molecular formula is C16H30N4O. The SMILES string of the molecule is CCCCCN(c1cc(NC)nc(COCC)n1)C(C)C. The quantitative estimate of drug-likeness (QED) is 0.670. The first kappa shape index (κ1) is 17.7. The maximum Gasteiger partial charge on any atom is 0.158 e. The Morgan fingerprint density at radius 3 is 2.57 bits per heavy atom. The zero-order chi connectivity index (χ0) is 15.7. The van der Waals surface area contributed by atoms with Gasteiger partial charge in [-0.2, -0.15) is 0 Å². The molecule has 0 saturated carbocycles. The summed E-state index contributed by atoms with van der Waals surface area (Å²) in [7, 11) is 1.88. The summed E-state index contributed by atoms with van der Waals surface area (Å²) in [6, 6.07) is 2.43. The van der Waals surface area contributed by atoms with Crippen LogP contribution in [0.15, 0.2) is 6.07 Å². The molecule has 5 heteroatoms. The smallest absolute Gasteiger partial charge is 0.158 e. The number of anilines is 2. The third kappa shape index (κ3) is 5.87. The van der Waals surface area contributed by atoms with Crippen LogP contribution in [-0.4, -0.2) is 36.2 Å². The van der Waals surface area contributed by atoms with E-state index in [9.17, 15) is 0 Å². The highest BCUT2D eigenvalue weighted by Crippen LogP contribution is 2.19. The molecule has 120 valence electrons. The first-order valence-electron chi connectivity index (χ1n) is 8.02. The third-order valence-electron chi connectivity index (χ3n) is 3.37. The lowest BCUT2D eigenvalue weighted by atomic mass is 10.2. The number of nitrogens with zero attached hydrogens (tertiary/aromatic N) is 3. The Labute approximate surface area is 129 Å². The van der Waals surface area contributed by atoms with Crippen molar-refractivity contribution in [2.24, 2.45) is 0 Å². The van der Waals surface area contributed by atoms with E-state index in [0.29, 0.717) is 19.3 Å². The Kier molecular flexibility index (Phi) is 8.05. The molecule has 0 bridgehead atoms. The lowest BCUT2D eigenvalue weighted by molar-refractivity contribution is 0.128. The van der Waals surface area contributed by atoms with Crippen LogP contribution in [0.25, 0.3) is 0 Å². The maximum atomic E-state index is 5.44. The average molecular weight is 294 g/mol. The van der Waals surface area contributed by atoms with E-state index in [4.69, 9.17) is 4.74 Å². The monoisotopic (exact) mass is 294 g/mol. The molecule has 0 aliphatic heterocycles. The van der Waals surface area contributed by atoms with Crippen LogP contribution in [0.1, 0.15) is 52.8 Å². The van der Waals surface area contributed by atoms with E-state index in [2.05, 4.69) is 41.0 Å². The second-order valence-electron chi connectivity index (χ2n) is 5.41. The van der Waals surface area contributed by atoms with Gasteiger partial charge in [0.1, 0.15) is 18.2 Å². The summed E-state index contributed by atoms with van der Waals surface area (Å²) in [5.41, 5.74) is 0. The molecule has 1 aromatic rings. The van der Waals surface area contributed by atoms with Crippen LogP contribution in [0.2, 0.25) is 0 Å². The summed E-state index contributed by atoms with van der Waals surface area (Å²) in [6.07, 6.45) is 3.67. The molecule has 0 saturated heterocycles. The number of unbranched alkanes of at least 4 members (excludes halogenated alkanes) is 2. The molecule has 21 heavy (non-hydrogen) atoms. The molecule has 0 aliphatic carbocycles. The van der Waals surface area contributed by atoms with Crippen molar-refractivity contribution in [2.75, 3.05) is 30.4 Å². The van der Waals surface area contributed by atoms with Gasteiger partial charge in [-0.25, -0.2) is 9.97 Å². The standard InChI is InChI=1S/C16H30N4O/c1-6-8-9-10-20(13(3)4)16-11-14(17-5)18-15(19-16)12-21-7-2/h11,13H,6-10,12H2,1-5H3,(H,17,18,19). The molecule has 0 aliphatic rings. The first-order chi connectivity index (χ1) is 10.1. The highest BCUT2D eigenvalue weighted by molar-refractivity contribution is 5.49. The van der Waals surface area contributed by atoms with Crippen LogP contribution in [0.3, 0.4) is 0 Å². The summed E-state index contributed by atoms with van der Waals surface area (Å²) < 4.78 is 5.44. The summed E-state index contributed by atoms with van der Waals surface area (Å²) in [6.45, 7) is 10.8. The minimum atomic E-state index is 0.418. The molecule has 1 N–H and O–H groups in total. The van der Waals surface area contributed by atoms with E-state index in [1.54, 1.807) is 0 Å². The van der Waals surface area contributed by atoms with Gasteiger partial charge in [-0.3, -0.25) is 0 Å². The lowest BCUT2D eigenvalue weighted by Gasteiger charge is -2.28. The van der Waals surface area contributed by atoms with E-state index < -0.39 is 0 Å². The molecule has 1 aromatic heterocycles. The van der Waals surface area contributed by atoms with Crippen molar-refractivity contribution >= 4 is 11.6 Å². The van der Waals surface area contributed by atoms with Crippen molar-refractivity contribution in [1.29, 1.82) is 0 Å². The molecule has 1 heterocycles. The van der Waals surface area contributed by atoms with E-state index in [1.165, 1.54) is 19.3 Å². The van der Waals surface area contributed by atoms with Gasteiger partial charge in [0.25, 0.3) is 0 Å². The summed E-state index contributed by atoms with van der Waals surface area (Å²) in [4.78, 5) is 11.5. The zero-order valence-electron chi connectivity index (χ0n) is 14.1. The normalized spacial score (nSPS) is 11.0. The van der Waals surface area contributed by atoms with Gasteiger partial charge in [-0.05, 0) is 27.2 Å². The predicted molar refractivity (Wildman–Crippen MR) is 88.9 cm³/mol. The van der Waals surface area contributed by atoms with Gasteiger partial charge in [-0.15, -0.1) is 0 Å². The molecule has 0 radical (unpaired) electrons. The predicted octanol–water partition coefficient (Wildman–Crippen LogP) is 3.46. The van der Waals surface area contributed by atoms with Crippen LogP contribution in [0.4, 0.5) is 11.6 Å². The van der Waals surface area contributed by atoms with Crippen molar-refractivity contribution in [2.45, 2.75) is 59.6 Å². The second-order valence-corrected chi connectivity index (χ2v) is 5.41. The number of rotatable bonds is 10. The molecular weight excluding hydrogens is 264 g/mol. The van der Waals surface area contributed by atoms with E-state index >= 15 is 0 Å². The average Bonchev–Trinajstić information content (AvgIpc) is 2.48. The van der Waals surface area contributed by atoms with Gasteiger partial charge >= 0.3 is 0 Å². The molecule has 5 nitrogen and oxygen atoms in total. The topological polar surface area (TPSA) is 50.3 Å². The molecule has 0 amide bonds. The highest BCUT2D eigenvalue weighted by atomic mass is 16.5. The Balaban J connectivity index is 2.93. The Hall–Kier alpha value is -1.36. The van der Waals surface area contributed by atoms with Crippen LogP contribution in [0, 0.1) is 0 Å². The third-order valence-corrected chi connectivity index (χ3v) is 3.37. The molecule has 0 aromatic carbocycles. The van der Waals surface area contributed by atoms with Crippen molar-refractivity contribution in [3.8, 4) is 0 Å². The molecule has 0 fully saturated rings. The lowest BCUT2D eigenvalue weighted by Crippen LogP contribution is -2.33. The number of aromatic nitrogens is 2. The Morgan fingerprint density at radius 1 is 1.24 bits per heavy atom. The van der Waals surface area contributed by atoms with Crippen molar-refractivity contribution in [1.82, 2.24) is 9.97 Å². The van der Waals surface area contributed by atoms with E-state index in [0.717, 1.165) is 24.0 Å². The number of hydrogen-bond donors (Lipinski definition) is 1. The fourth-order valence-corrected chi connectivity index (χ4v) is 2.19. The minimum absolute atomic E-state index is 0.418. The van der Waals surface area contributed by atoms with Crippen molar-refractivity contribution in [3.63, 3.8) is 0 Å². The largest absolute Gasteiger partial charge is 0.374 e. The highest BCUT2D eigenvalue weighted by Gasteiger charge is 2.14. The number of hydrogen-bond acceptors (Lipinski definition) is 5. The summed E-state index contributed by atoms with van der Waals surface area (Å²) in [5.74, 6) is 2.56. The van der Waals surface area contributed by atoms with Gasteiger partial charge in [0.15, 0.2) is 5.82 Å². The summed E-state index contributed by atoms with van der Waals surface area (Å²) in [5, 5.41) is 3.11. The van der Waals surface area contributed by atoms with Crippen LogP contribution in [0.5, 0.6) is 0 Å². The fourth-order valence-electron chi connectivity index (χ4n) is 2.19. The van der Waals surface area contributed by atoms with E-state index in [-0.39, 0.29) is 0 Å². The van der Waals surface area contributed by atoms with Crippen molar-refractivity contribution in [3.05, 3.63) is 11.9 Å². The Morgan fingerprint density at radius 2 is 2.00 bits per heavy atom. The Bertz CT molecular complexity index is 409. The van der Waals surface area contributed by atoms with Gasteiger partial charge in [0.05, 0.1) is 0 Å². The van der Waals surface area contributed by atoms with Gasteiger partial charge < -0.3 is 15.0 Å². The van der Waals surface area contributed by atoms with Gasteiger partial charge in [0, 0.05) is 32.3 Å². The molecule has 0 atom stereocenters. The van der Waals surface area contributed by atoms with Gasteiger partial charge in [0.2, 0.25) is 0 Å². The zero-order valence-corrected chi connectivity index (χ0v) is 14.1. The van der Waals surface area contributed by atoms with Crippen LogP contribution in [-0.2, 0) is 11.3 Å². The fraction of sp³-hybridized carbons (Fsp3) is 0.750. The minimum Gasteiger partial charge on any atom is -0.374 e.